The van der Waals surface area contributed by atoms with Crippen LogP contribution in [0.25, 0.3) is 0 Å². The van der Waals surface area contributed by atoms with Gasteiger partial charge in [0.25, 0.3) is 10.0 Å². The minimum absolute atomic E-state index is 0.0134. The second-order valence-corrected chi connectivity index (χ2v) is 8.10. The number of esters is 1. The van der Waals surface area contributed by atoms with Crippen LogP contribution in [0.15, 0.2) is 51.8 Å². The standard InChI is InChI=1S/C18H19BrN2O5S/c1-4-26-18(23)13-5-10-17(16(19)11-13)27(24,25)20-14-6-8-15(9-7-14)21(3)12(2)22/h5-11,20H,4H2,1-3H3. The van der Waals surface area contributed by atoms with Gasteiger partial charge in [-0.25, -0.2) is 13.2 Å². The summed E-state index contributed by atoms with van der Waals surface area (Å²) >= 11 is 3.19. The predicted octanol–water partition coefficient (Wildman–Crippen LogP) is 3.41. The molecule has 0 unspecified atom stereocenters. The van der Waals surface area contributed by atoms with Crippen molar-refractivity contribution in [2.45, 2.75) is 18.7 Å². The average molecular weight is 455 g/mol. The van der Waals surface area contributed by atoms with Crippen molar-refractivity contribution in [3.05, 3.63) is 52.5 Å². The Morgan fingerprint density at radius 1 is 1.15 bits per heavy atom. The van der Waals surface area contributed by atoms with Crippen molar-refractivity contribution in [1.82, 2.24) is 0 Å². The Labute approximate surface area is 166 Å². The normalized spacial score (nSPS) is 11.0. The van der Waals surface area contributed by atoms with Crippen LogP contribution in [-0.2, 0) is 19.6 Å². The van der Waals surface area contributed by atoms with Gasteiger partial charge in [0.1, 0.15) is 4.90 Å². The van der Waals surface area contributed by atoms with E-state index in [-0.39, 0.29) is 27.4 Å². The van der Waals surface area contributed by atoms with E-state index in [1.54, 1.807) is 38.2 Å². The van der Waals surface area contributed by atoms with Crippen LogP contribution in [0.4, 0.5) is 11.4 Å². The summed E-state index contributed by atoms with van der Waals surface area (Å²) in [6, 6.07) is 10.5. The molecule has 144 valence electrons. The molecule has 0 fully saturated rings. The fraction of sp³-hybridized carbons (Fsp3) is 0.222. The average Bonchev–Trinajstić information content (AvgIpc) is 2.61. The maximum absolute atomic E-state index is 12.6. The van der Waals surface area contributed by atoms with Crippen LogP contribution < -0.4 is 9.62 Å². The third-order valence-electron chi connectivity index (χ3n) is 3.71. The molecule has 0 aliphatic carbocycles. The molecule has 0 radical (unpaired) electrons. The molecule has 0 saturated heterocycles. The lowest BCUT2D eigenvalue weighted by molar-refractivity contribution is -0.116. The zero-order valence-electron chi connectivity index (χ0n) is 15.0. The largest absolute Gasteiger partial charge is 0.462 e. The quantitative estimate of drug-likeness (QED) is 0.674. The predicted molar refractivity (Wildman–Crippen MR) is 106 cm³/mol. The molecular formula is C18H19BrN2O5S. The van der Waals surface area contributed by atoms with Crippen LogP contribution in [-0.4, -0.2) is 33.9 Å². The number of anilines is 2. The number of rotatable bonds is 6. The highest BCUT2D eigenvalue weighted by atomic mass is 79.9. The first-order valence-corrected chi connectivity index (χ1v) is 10.3. The van der Waals surface area contributed by atoms with Gasteiger partial charge in [0.15, 0.2) is 0 Å². The fourth-order valence-electron chi connectivity index (χ4n) is 2.21. The first-order chi connectivity index (χ1) is 12.7. The van der Waals surface area contributed by atoms with E-state index in [1.165, 1.54) is 30.0 Å². The van der Waals surface area contributed by atoms with Gasteiger partial charge in [-0.2, -0.15) is 0 Å². The zero-order chi connectivity index (χ0) is 20.2. The number of carbonyl (C=O) groups excluding carboxylic acids is 2. The van der Waals surface area contributed by atoms with Gasteiger partial charge >= 0.3 is 5.97 Å². The van der Waals surface area contributed by atoms with Crippen molar-refractivity contribution in [2.75, 3.05) is 23.3 Å². The molecule has 27 heavy (non-hydrogen) atoms. The van der Waals surface area contributed by atoms with Crippen LogP contribution in [0, 0.1) is 0 Å². The van der Waals surface area contributed by atoms with E-state index < -0.39 is 16.0 Å². The Balaban J connectivity index is 2.24. The summed E-state index contributed by atoms with van der Waals surface area (Å²) in [7, 11) is -2.25. The molecule has 2 rings (SSSR count). The first kappa shape index (κ1) is 20.9. The molecule has 0 aliphatic rings. The SMILES string of the molecule is CCOC(=O)c1ccc(S(=O)(=O)Nc2ccc(N(C)C(C)=O)cc2)c(Br)c1. The van der Waals surface area contributed by atoms with Crippen molar-refractivity contribution in [2.24, 2.45) is 0 Å². The highest BCUT2D eigenvalue weighted by Crippen LogP contribution is 2.26. The van der Waals surface area contributed by atoms with Crippen molar-refractivity contribution in [3.63, 3.8) is 0 Å². The minimum Gasteiger partial charge on any atom is -0.462 e. The van der Waals surface area contributed by atoms with Crippen molar-refractivity contribution in [1.29, 1.82) is 0 Å². The van der Waals surface area contributed by atoms with E-state index in [0.29, 0.717) is 11.4 Å². The summed E-state index contributed by atoms with van der Waals surface area (Å²) < 4.78 is 32.9. The Bertz CT molecular complexity index is 958. The number of benzene rings is 2. The number of hydrogen-bond donors (Lipinski definition) is 1. The van der Waals surface area contributed by atoms with E-state index >= 15 is 0 Å². The summed E-state index contributed by atoms with van der Waals surface area (Å²) in [4.78, 5) is 24.6. The first-order valence-electron chi connectivity index (χ1n) is 7.99. The highest BCUT2D eigenvalue weighted by molar-refractivity contribution is 9.10. The summed E-state index contributed by atoms with van der Waals surface area (Å²) in [5.41, 5.74) is 1.24. The maximum Gasteiger partial charge on any atom is 0.338 e. The number of nitrogens with one attached hydrogen (secondary N) is 1. The monoisotopic (exact) mass is 454 g/mol. The van der Waals surface area contributed by atoms with Crippen LogP contribution in [0.1, 0.15) is 24.2 Å². The molecule has 0 aliphatic heterocycles. The summed E-state index contributed by atoms with van der Waals surface area (Å²) in [5, 5.41) is 0. The maximum atomic E-state index is 12.6. The Hall–Kier alpha value is -2.39. The summed E-state index contributed by atoms with van der Waals surface area (Å²) in [6.07, 6.45) is 0. The van der Waals surface area contributed by atoms with Gasteiger partial charge in [0, 0.05) is 29.8 Å². The Kier molecular flexibility index (Phi) is 6.61. The Morgan fingerprint density at radius 3 is 2.30 bits per heavy atom. The van der Waals surface area contributed by atoms with E-state index in [1.807, 2.05) is 0 Å². The van der Waals surface area contributed by atoms with Gasteiger partial charge in [-0.1, -0.05) is 0 Å². The molecule has 1 amide bonds. The number of nitrogens with zero attached hydrogens (tertiary/aromatic N) is 1. The molecule has 9 heteroatoms. The molecule has 2 aromatic rings. The Morgan fingerprint density at radius 2 is 1.78 bits per heavy atom. The van der Waals surface area contributed by atoms with E-state index in [9.17, 15) is 18.0 Å². The second-order valence-electron chi connectivity index (χ2n) is 5.60. The van der Waals surface area contributed by atoms with Gasteiger partial charge in [-0.3, -0.25) is 9.52 Å². The van der Waals surface area contributed by atoms with Gasteiger partial charge in [-0.15, -0.1) is 0 Å². The minimum atomic E-state index is -3.88. The molecule has 7 nitrogen and oxygen atoms in total. The molecule has 0 saturated carbocycles. The topological polar surface area (TPSA) is 92.8 Å². The lowest BCUT2D eigenvalue weighted by Gasteiger charge is -2.16. The van der Waals surface area contributed by atoms with Gasteiger partial charge in [0.2, 0.25) is 5.91 Å². The highest BCUT2D eigenvalue weighted by Gasteiger charge is 2.20. The third-order valence-corrected chi connectivity index (χ3v) is 6.07. The number of carbonyl (C=O) groups is 2. The fourth-order valence-corrected chi connectivity index (χ4v) is 4.34. The third kappa shape index (κ3) is 5.08. The lowest BCUT2D eigenvalue weighted by Crippen LogP contribution is -2.22. The number of ether oxygens (including phenoxy) is 1. The molecule has 0 atom stereocenters. The van der Waals surface area contributed by atoms with Gasteiger partial charge in [0.05, 0.1) is 12.2 Å². The van der Waals surface area contributed by atoms with Crippen LogP contribution >= 0.6 is 15.9 Å². The number of amides is 1. The van der Waals surface area contributed by atoms with Gasteiger partial charge < -0.3 is 9.64 Å². The van der Waals surface area contributed by atoms with E-state index in [0.717, 1.165) is 0 Å². The second kappa shape index (κ2) is 8.53. The smallest absolute Gasteiger partial charge is 0.338 e. The molecule has 0 bridgehead atoms. The molecule has 0 heterocycles. The van der Waals surface area contributed by atoms with Crippen molar-refractivity contribution < 1.29 is 22.7 Å². The van der Waals surface area contributed by atoms with Crippen molar-refractivity contribution >= 4 is 49.2 Å². The lowest BCUT2D eigenvalue weighted by atomic mass is 10.2. The number of hydrogen-bond acceptors (Lipinski definition) is 5. The van der Waals surface area contributed by atoms with Crippen molar-refractivity contribution in [3.8, 4) is 0 Å². The van der Waals surface area contributed by atoms with Crippen LogP contribution in [0.3, 0.4) is 0 Å². The number of sulfonamides is 1. The van der Waals surface area contributed by atoms with Gasteiger partial charge in [-0.05, 0) is 65.3 Å². The number of halogens is 1. The van der Waals surface area contributed by atoms with E-state index in [2.05, 4.69) is 20.7 Å². The van der Waals surface area contributed by atoms with E-state index in [4.69, 9.17) is 4.74 Å². The summed E-state index contributed by atoms with van der Waals surface area (Å²) in [5.74, 6) is -0.658. The zero-order valence-corrected chi connectivity index (χ0v) is 17.4. The molecule has 0 spiro atoms. The molecule has 1 N–H and O–H groups in total. The molecule has 2 aromatic carbocycles. The van der Waals surface area contributed by atoms with Crippen LogP contribution in [0.5, 0.6) is 0 Å². The summed E-state index contributed by atoms with van der Waals surface area (Å²) in [6.45, 7) is 3.36. The molecule has 0 aromatic heterocycles. The molecular weight excluding hydrogens is 436 g/mol. The van der Waals surface area contributed by atoms with Crippen LogP contribution in [0.2, 0.25) is 0 Å².